The molecule has 2 aromatic heterocycles. The van der Waals surface area contributed by atoms with Crippen LogP contribution in [-0.4, -0.2) is 15.5 Å². The molecule has 0 aliphatic carbocycles. The first-order chi connectivity index (χ1) is 11.6. The second kappa shape index (κ2) is 6.91. The van der Waals surface area contributed by atoms with Gasteiger partial charge in [0.25, 0.3) is 11.5 Å². The SMILES string of the molecule is Cc1cccc(Cn2cccc(C(=O)Nc3ccncc3)c2=O)c1. The van der Waals surface area contributed by atoms with Gasteiger partial charge in [0.1, 0.15) is 5.56 Å². The second-order valence-corrected chi connectivity index (χ2v) is 5.53. The van der Waals surface area contributed by atoms with Gasteiger partial charge in [0.05, 0.1) is 6.54 Å². The van der Waals surface area contributed by atoms with Crippen molar-refractivity contribution in [2.75, 3.05) is 5.32 Å². The van der Waals surface area contributed by atoms with E-state index in [0.717, 1.165) is 11.1 Å². The molecule has 2 heterocycles. The molecule has 0 saturated carbocycles. The number of amides is 1. The number of hydrogen-bond acceptors (Lipinski definition) is 3. The smallest absolute Gasteiger partial charge is 0.263 e. The van der Waals surface area contributed by atoms with E-state index in [0.29, 0.717) is 12.2 Å². The van der Waals surface area contributed by atoms with E-state index in [1.165, 1.54) is 10.6 Å². The van der Waals surface area contributed by atoms with Crippen LogP contribution in [0.25, 0.3) is 0 Å². The van der Waals surface area contributed by atoms with Crippen molar-refractivity contribution in [2.24, 2.45) is 0 Å². The molecule has 120 valence electrons. The van der Waals surface area contributed by atoms with E-state index in [-0.39, 0.29) is 11.1 Å². The molecule has 1 N–H and O–H groups in total. The number of aromatic nitrogens is 2. The summed E-state index contributed by atoms with van der Waals surface area (Å²) >= 11 is 0. The number of pyridine rings is 2. The number of nitrogens with one attached hydrogen (secondary N) is 1. The molecule has 0 saturated heterocycles. The Bertz CT molecular complexity index is 917. The summed E-state index contributed by atoms with van der Waals surface area (Å²) in [7, 11) is 0. The third-order valence-corrected chi connectivity index (χ3v) is 3.64. The first kappa shape index (κ1) is 15.7. The molecule has 5 heteroatoms. The van der Waals surface area contributed by atoms with Crippen LogP contribution in [0.3, 0.4) is 0 Å². The van der Waals surface area contributed by atoms with Crippen molar-refractivity contribution in [1.82, 2.24) is 9.55 Å². The third kappa shape index (κ3) is 3.57. The first-order valence-corrected chi connectivity index (χ1v) is 7.60. The summed E-state index contributed by atoms with van der Waals surface area (Å²) in [6.07, 6.45) is 4.85. The van der Waals surface area contributed by atoms with Gasteiger partial charge in [-0.15, -0.1) is 0 Å². The Morgan fingerprint density at radius 3 is 2.67 bits per heavy atom. The Morgan fingerprint density at radius 2 is 1.92 bits per heavy atom. The largest absolute Gasteiger partial charge is 0.322 e. The molecular formula is C19H17N3O2. The van der Waals surface area contributed by atoms with Crippen LogP contribution in [0.4, 0.5) is 5.69 Å². The minimum atomic E-state index is -0.426. The maximum absolute atomic E-state index is 12.6. The highest BCUT2D eigenvalue weighted by Crippen LogP contribution is 2.07. The van der Waals surface area contributed by atoms with Crippen LogP contribution in [0, 0.1) is 6.92 Å². The summed E-state index contributed by atoms with van der Waals surface area (Å²) in [6.45, 7) is 2.43. The average molecular weight is 319 g/mol. The van der Waals surface area contributed by atoms with Crippen LogP contribution in [0.1, 0.15) is 21.5 Å². The quantitative estimate of drug-likeness (QED) is 0.804. The van der Waals surface area contributed by atoms with E-state index in [1.807, 2.05) is 31.2 Å². The number of nitrogens with zero attached hydrogens (tertiary/aromatic N) is 2. The fraction of sp³-hybridized carbons (Fsp3) is 0.105. The zero-order valence-corrected chi connectivity index (χ0v) is 13.3. The number of aryl methyl sites for hydroxylation is 1. The van der Waals surface area contributed by atoms with Crippen LogP contribution in [0.2, 0.25) is 0 Å². The summed E-state index contributed by atoms with van der Waals surface area (Å²) in [4.78, 5) is 28.8. The molecule has 3 rings (SSSR count). The van der Waals surface area contributed by atoms with E-state index >= 15 is 0 Å². The minimum Gasteiger partial charge on any atom is -0.322 e. The molecule has 0 unspecified atom stereocenters. The lowest BCUT2D eigenvalue weighted by atomic mass is 10.1. The Kier molecular flexibility index (Phi) is 4.52. The Hall–Kier alpha value is -3.21. The van der Waals surface area contributed by atoms with Crippen LogP contribution in [0.5, 0.6) is 0 Å². The summed E-state index contributed by atoms with van der Waals surface area (Å²) in [5.74, 6) is -0.426. The molecule has 5 nitrogen and oxygen atoms in total. The fourth-order valence-corrected chi connectivity index (χ4v) is 2.48. The van der Waals surface area contributed by atoms with Gasteiger partial charge in [-0.3, -0.25) is 14.6 Å². The van der Waals surface area contributed by atoms with Gasteiger partial charge in [-0.05, 0) is 36.8 Å². The lowest BCUT2D eigenvalue weighted by Gasteiger charge is -2.09. The van der Waals surface area contributed by atoms with Gasteiger partial charge in [-0.25, -0.2) is 0 Å². The zero-order valence-electron chi connectivity index (χ0n) is 13.3. The molecular weight excluding hydrogens is 302 g/mol. The summed E-state index contributed by atoms with van der Waals surface area (Å²) in [5, 5.41) is 2.71. The van der Waals surface area contributed by atoms with E-state index < -0.39 is 5.91 Å². The summed E-state index contributed by atoms with van der Waals surface area (Å²) < 4.78 is 1.54. The molecule has 3 aromatic rings. The van der Waals surface area contributed by atoms with Gasteiger partial charge >= 0.3 is 0 Å². The Balaban J connectivity index is 1.85. The van der Waals surface area contributed by atoms with Gasteiger partial charge in [0.2, 0.25) is 0 Å². The number of hydrogen-bond donors (Lipinski definition) is 1. The van der Waals surface area contributed by atoms with Crippen LogP contribution >= 0.6 is 0 Å². The van der Waals surface area contributed by atoms with E-state index in [1.54, 1.807) is 36.8 Å². The number of anilines is 1. The molecule has 0 spiro atoms. The molecule has 24 heavy (non-hydrogen) atoms. The van der Waals surface area contributed by atoms with Crippen LogP contribution < -0.4 is 10.9 Å². The monoisotopic (exact) mass is 319 g/mol. The zero-order chi connectivity index (χ0) is 16.9. The third-order valence-electron chi connectivity index (χ3n) is 3.64. The highest BCUT2D eigenvalue weighted by atomic mass is 16.2. The Morgan fingerprint density at radius 1 is 1.12 bits per heavy atom. The molecule has 0 bridgehead atoms. The molecule has 0 atom stereocenters. The number of benzene rings is 1. The fourth-order valence-electron chi connectivity index (χ4n) is 2.48. The van der Waals surface area contributed by atoms with E-state index in [9.17, 15) is 9.59 Å². The van der Waals surface area contributed by atoms with Gasteiger partial charge in [0.15, 0.2) is 0 Å². The van der Waals surface area contributed by atoms with Crippen LogP contribution in [0.15, 0.2) is 71.9 Å². The van der Waals surface area contributed by atoms with Crippen LogP contribution in [-0.2, 0) is 6.54 Å². The summed E-state index contributed by atoms with van der Waals surface area (Å²) in [6, 6.07) is 14.5. The number of carbonyl (C=O) groups is 1. The molecule has 0 fully saturated rings. The van der Waals surface area contributed by atoms with Crippen molar-refractivity contribution < 1.29 is 4.79 Å². The van der Waals surface area contributed by atoms with Gasteiger partial charge in [-0.2, -0.15) is 0 Å². The van der Waals surface area contributed by atoms with E-state index in [4.69, 9.17) is 0 Å². The van der Waals surface area contributed by atoms with Crippen molar-refractivity contribution in [1.29, 1.82) is 0 Å². The van der Waals surface area contributed by atoms with E-state index in [2.05, 4.69) is 10.3 Å². The van der Waals surface area contributed by atoms with Gasteiger partial charge in [0, 0.05) is 24.3 Å². The lowest BCUT2D eigenvalue weighted by Crippen LogP contribution is -2.29. The minimum absolute atomic E-state index is 0.113. The Labute approximate surface area is 139 Å². The molecule has 0 radical (unpaired) electrons. The highest BCUT2D eigenvalue weighted by molar-refractivity contribution is 6.03. The maximum Gasteiger partial charge on any atom is 0.263 e. The molecule has 0 aliphatic heterocycles. The lowest BCUT2D eigenvalue weighted by molar-refractivity contribution is 0.102. The predicted molar refractivity (Wildman–Crippen MR) is 93.2 cm³/mol. The van der Waals surface area contributed by atoms with Crippen molar-refractivity contribution in [2.45, 2.75) is 13.5 Å². The summed E-state index contributed by atoms with van der Waals surface area (Å²) in [5.41, 5.74) is 2.55. The number of rotatable bonds is 4. The van der Waals surface area contributed by atoms with Crippen molar-refractivity contribution >= 4 is 11.6 Å². The standard InChI is InChI=1S/C19H17N3O2/c1-14-4-2-5-15(12-14)13-22-11-3-6-17(19(22)24)18(23)21-16-7-9-20-10-8-16/h2-12H,13H2,1H3,(H,20,21,23). The highest BCUT2D eigenvalue weighted by Gasteiger charge is 2.12. The predicted octanol–water partition coefficient (Wildman–Crippen LogP) is 2.85. The molecule has 0 aliphatic rings. The van der Waals surface area contributed by atoms with Crippen molar-refractivity contribution in [3.05, 3.63) is 94.2 Å². The maximum atomic E-state index is 12.6. The second-order valence-electron chi connectivity index (χ2n) is 5.53. The van der Waals surface area contributed by atoms with Crippen molar-refractivity contribution in [3.63, 3.8) is 0 Å². The molecule has 1 amide bonds. The number of carbonyl (C=O) groups excluding carboxylic acids is 1. The normalized spacial score (nSPS) is 10.4. The van der Waals surface area contributed by atoms with Gasteiger partial charge < -0.3 is 9.88 Å². The topological polar surface area (TPSA) is 64.0 Å². The van der Waals surface area contributed by atoms with Gasteiger partial charge in [-0.1, -0.05) is 29.8 Å². The average Bonchev–Trinajstić information content (AvgIpc) is 2.58. The molecule has 1 aromatic carbocycles. The van der Waals surface area contributed by atoms with Crippen molar-refractivity contribution in [3.8, 4) is 0 Å². The first-order valence-electron chi connectivity index (χ1n) is 7.60.